The lowest BCUT2D eigenvalue weighted by Crippen LogP contribution is -2.26. The molecule has 0 saturated carbocycles. The maximum atomic E-state index is 12.0. The molecule has 1 heterocycles. The van der Waals surface area contributed by atoms with Gasteiger partial charge in [0.2, 0.25) is 0 Å². The second-order valence-corrected chi connectivity index (χ2v) is 4.25. The number of phenols is 1. The van der Waals surface area contributed by atoms with E-state index in [1.165, 1.54) is 13.3 Å². The molecule has 2 rings (SSSR count). The molecule has 2 N–H and O–H groups in total. The topological polar surface area (TPSA) is 71.5 Å². The van der Waals surface area contributed by atoms with Crippen LogP contribution in [0.2, 0.25) is 0 Å². The number of phenolic OH excluding ortho intramolecular Hbond substituents is 1. The molecule has 0 fully saturated rings. The largest absolute Gasteiger partial charge is 0.508 e. The molecule has 0 spiro atoms. The van der Waals surface area contributed by atoms with Gasteiger partial charge >= 0.3 is 0 Å². The summed E-state index contributed by atoms with van der Waals surface area (Å²) >= 11 is 0. The average Bonchev–Trinajstić information content (AvgIpc) is 2.49. The molecule has 0 aliphatic heterocycles. The second-order valence-electron chi connectivity index (χ2n) is 4.25. The number of benzene rings is 1. The van der Waals surface area contributed by atoms with Gasteiger partial charge in [0, 0.05) is 12.7 Å². The van der Waals surface area contributed by atoms with E-state index in [4.69, 9.17) is 4.74 Å². The Morgan fingerprint density at radius 1 is 1.30 bits per heavy atom. The van der Waals surface area contributed by atoms with E-state index in [9.17, 15) is 9.90 Å². The first-order chi connectivity index (χ1) is 9.70. The highest BCUT2D eigenvalue weighted by atomic mass is 16.5. The van der Waals surface area contributed by atoms with Crippen molar-refractivity contribution in [3.8, 4) is 11.5 Å². The maximum absolute atomic E-state index is 12.0. The molecule has 5 heteroatoms. The van der Waals surface area contributed by atoms with Crippen molar-refractivity contribution >= 4 is 5.91 Å². The van der Waals surface area contributed by atoms with E-state index in [1.807, 2.05) is 12.1 Å². The summed E-state index contributed by atoms with van der Waals surface area (Å²) in [6.45, 7) is 0.509. The number of pyridine rings is 1. The molecule has 0 unspecified atom stereocenters. The van der Waals surface area contributed by atoms with Gasteiger partial charge in [-0.25, -0.2) is 0 Å². The highest BCUT2D eigenvalue weighted by Crippen LogP contribution is 2.15. The number of nitrogens with zero attached hydrogens (tertiary/aromatic N) is 1. The first-order valence-corrected chi connectivity index (χ1v) is 6.25. The van der Waals surface area contributed by atoms with Crippen molar-refractivity contribution in [2.24, 2.45) is 0 Å². The minimum Gasteiger partial charge on any atom is -0.508 e. The molecule has 2 aromatic rings. The molecular weight excluding hydrogens is 256 g/mol. The molecule has 1 aromatic carbocycles. The van der Waals surface area contributed by atoms with Gasteiger partial charge in [0.05, 0.1) is 18.9 Å². The van der Waals surface area contributed by atoms with Gasteiger partial charge in [-0.2, -0.15) is 0 Å². The fourth-order valence-electron chi connectivity index (χ4n) is 1.81. The second kappa shape index (κ2) is 6.56. The van der Waals surface area contributed by atoms with Crippen LogP contribution in [0.1, 0.15) is 15.9 Å². The van der Waals surface area contributed by atoms with Crippen LogP contribution in [0, 0.1) is 0 Å². The third-order valence-corrected chi connectivity index (χ3v) is 2.88. The van der Waals surface area contributed by atoms with Crippen molar-refractivity contribution in [1.29, 1.82) is 0 Å². The van der Waals surface area contributed by atoms with Gasteiger partial charge in [-0.05, 0) is 30.2 Å². The van der Waals surface area contributed by atoms with Crippen molar-refractivity contribution in [3.63, 3.8) is 0 Å². The van der Waals surface area contributed by atoms with E-state index in [2.05, 4.69) is 10.3 Å². The van der Waals surface area contributed by atoms with Crippen LogP contribution in [0.3, 0.4) is 0 Å². The fraction of sp³-hybridized carbons (Fsp3) is 0.200. The molecular formula is C15H16N2O3. The molecule has 0 saturated heterocycles. The Morgan fingerprint density at radius 2 is 2.05 bits per heavy atom. The number of aromatic hydroxyl groups is 1. The highest BCUT2D eigenvalue weighted by molar-refractivity contribution is 5.96. The predicted molar refractivity (Wildman–Crippen MR) is 74.9 cm³/mol. The Kier molecular flexibility index (Phi) is 4.55. The number of ether oxygens (including phenoxy) is 1. The molecule has 0 aliphatic carbocycles. The third-order valence-electron chi connectivity index (χ3n) is 2.88. The summed E-state index contributed by atoms with van der Waals surface area (Å²) in [4.78, 5) is 15.9. The van der Waals surface area contributed by atoms with Gasteiger partial charge in [-0.15, -0.1) is 0 Å². The van der Waals surface area contributed by atoms with E-state index in [-0.39, 0.29) is 11.7 Å². The van der Waals surface area contributed by atoms with E-state index in [0.717, 1.165) is 5.56 Å². The normalized spacial score (nSPS) is 10.1. The Morgan fingerprint density at radius 3 is 2.75 bits per heavy atom. The summed E-state index contributed by atoms with van der Waals surface area (Å²) in [5.74, 6) is 0.497. The van der Waals surface area contributed by atoms with Crippen LogP contribution in [0.25, 0.3) is 0 Å². The molecule has 0 bridgehead atoms. The van der Waals surface area contributed by atoms with Gasteiger partial charge in [-0.1, -0.05) is 12.1 Å². The minimum atomic E-state index is -0.192. The van der Waals surface area contributed by atoms with Crippen LogP contribution in [0.4, 0.5) is 0 Å². The Bertz CT molecular complexity index is 582. The Labute approximate surface area is 117 Å². The number of carbonyl (C=O) groups excluding carboxylic acids is 1. The number of methoxy groups -OCH3 is 1. The summed E-state index contributed by atoms with van der Waals surface area (Å²) in [7, 11) is 1.50. The van der Waals surface area contributed by atoms with E-state index in [1.54, 1.807) is 24.4 Å². The quantitative estimate of drug-likeness (QED) is 0.870. The molecule has 5 nitrogen and oxygen atoms in total. The summed E-state index contributed by atoms with van der Waals surface area (Å²) < 4.78 is 5.09. The minimum absolute atomic E-state index is 0.192. The van der Waals surface area contributed by atoms with Gasteiger partial charge in [0.25, 0.3) is 5.91 Å². The molecule has 0 atom stereocenters. The van der Waals surface area contributed by atoms with Crippen LogP contribution < -0.4 is 10.1 Å². The number of aromatic nitrogens is 1. The Balaban J connectivity index is 1.90. The lowest BCUT2D eigenvalue weighted by Gasteiger charge is -2.08. The first kappa shape index (κ1) is 13.9. The number of nitrogens with one attached hydrogen (secondary N) is 1. The van der Waals surface area contributed by atoms with Crippen LogP contribution in [0.5, 0.6) is 11.5 Å². The average molecular weight is 272 g/mol. The Hall–Kier alpha value is -2.56. The maximum Gasteiger partial charge on any atom is 0.255 e. The van der Waals surface area contributed by atoms with E-state index in [0.29, 0.717) is 24.3 Å². The fourth-order valence-corrected chi connectivity index (χ4v) is 1.81. The highest BCUT2D eigenvalue weighted by Gasteiger charge is 2.10. The van der Waals surface area contributed by atoms with Crippen molar-refractivity contribution in [1.82, 2.24) is 10.3 Å². The third kappa shape index (κ3) is 3.47. The van der Waals surface area contributed by atoms with Crippen LogP contribution in [-0.4, -0.2) is 29.7 Å². The van der Waals surface area contributed by atoms with E-state index < -0.39 is 0 Å². The van der Waals surface area contributed by atoms with Gasteiger partial charge in [-0.3, -0.25) is 9.78 Å². The SMILES string of the molecule is COc1cnccc1C(=O)NCCc1ccc(O)cc1. The van der Waals surface area contributed by atoms with E-state index >= 15 is 0 Å². The van der Waals surface area contributed by atoms with Crippen molar-refractivity contribution in [3.05, 3.63) is 53.9 Å². The zero-order valence-electron chi connectivity index (χ0n) is 11.2. The lowest BCUT2D eigenvalue weighted by atomic mass is 10.1. The zero-order chi connectivity index (χ0) is 14.4. The smallest absolute Gasteiger partial charge is 0.255 e. The summed E-state index contributed by atoms with van der Waals surface area (Å²) in [6.07, 6.45) is 3.76. The predicted octanol–water partition coefficient (Wildman–Crippen LogP) is 1.77. The van der Waals surface area contributed by atoms with Crippen molar-refractivity contribution < 1.29 is 14.6 Å². The summed E-state index contributed by atoms with van der Waals surface area (Å²) in [5, 5.41) is 12.0. The van der Waals surface area contributed by atoms with Crippen LogP contribution in [-0.2, 0) is 6.42 Å². The number of hydrogen-bond donors (Lipinski definition) is 2. The zero-order valence-corrected chi connectivity index (χ0v) is 11.2. The van der Waals surface area contributed by atoms with Gasteiger partial charge in [0.1, 0.15) is 11.5 Å². The van der Waals surface area contributed by atoms with Crippen LogP contribution in [0.15, 0.2) is 42.7 Å². The summed E-state index contributed by atoms with van der Waals surface area (Å²) in [5.41, 5.74) is 1.51. The molecule has 20 heavy (non-hydrogen) atoms. The standard InChI is InChI=1S/C15H16N2O3/c1-20-14-10-16-8-7-13(14)15(19)17-9-6-11-2-4-12(18)5-3-11/h2-5,7-8,10,18H,6,9H2,1H3,(H,17,19). The van der Waals surface area contributed by atoms with Crippen molar-refractivity contribution in [2.45, 2.75) is 6.42 Å². The first-order valence-electron chi connectivity index (χ1n) is 6.25. The van der Waals surface area contributed by atoms with Gasteiger partial charge in [0.15, 0.2) is 0 Å². The summed E-state index contributed by atoms with van der Waals surface area (Å²) in [6, 6.07) is 8.53. The molecule has 0 aliphatic rings. The van der Waals surface area contributed by atoms with Crippen molar-refractivity contribution in [2.75, 3.05) is 13.7 Å². The molecule has 1 aromatic heterocycles. The lowest BCUT2D eigenvalue weighted by molar-refractivity contribution is 0.0951. The molecule has 1 amide bonds. The molecule has 0 radical (unpaired) electrons. The number of carbonyl (C=O) groups is 1. The monoisotopic (exact) mass is 272 g/mol. The number of rotatable bonds is 5. The van der Waals surface area contributed by atoms with Crippen LogP contribution >= 0.6 is 0 Å². The molecule has 104 valence electrons. The number of hydrogen-bond acceptors (Lipinski definition) is 4. The number of amides is 1. The van der Waals surface area contributed by atoms with Gasteiger partial charge < -0.3 is 15.2 Å².